The zero-order valence-corrected chi connectivity index (χ0v) is 15.5. The summed E-state index contributed by atoms with van der Waals surface area (Å²) in [5.74, 6) is -0.372. The number of alkyl halides is 3. The van der Waals surface area contributed by atoms with Gasteiger partial charge in [0.2, 0.25) is 0 Å². The van der Waals surface area contributed by atoms with E-state index in [2.05, 4.69) is 14.4 Å². The smallest absolute Gasteiger partial charge is 0.406 e. The minimum absolute atomic E-state index is 0.0404. The second kappa shape index (κ2) is 7.69. The minimum atomic E-state index is -4.79. The van der Waals surface area contributed by atoms with Crippen molar-refractivity contribution in [2.24, 2.45) is 0 Å². The van der Waals surface area contributed by atoms with Crippen LogP contribution < -0.4 is 9.46 Å². The van der Waals surface area contributed by atoms with Crippen LogP contribution in [0.15, 0.2) is 71.8 Å². The molecule has 0 amide bonds. The summed E-state index contributed by atoms with van der Waals surface area (Å²) in [7, 11) is -3.88. The number of ether oxygens (including phenoxy) is 1. The number of pyridine rings is 1. The average Bonchev–Trinajstić information content (AvgIpc) is 2.63. The number of hydrogen-bond donors (Lipinski definition) is 1. The standard InChI is InChI=1S/C18H12ClF3N2O3S/c19-17-16(24-28(25,26)15-4-2-1-3-5-15)10-13(11-23-17)12-6-8-14(9-7-12)27-18(20,21)22/h1-11,24H. The van der Waals surface area contributed by atoms with Gasteiger partial charge in [0.05, 0.1) is 10.6 Å². The number of hydrogen-bond acceptors (Lipinski definition) is 4. The molecule has 10 heteroatoms. The maximum atomic E-state index is 12.5. The van der Waals surface area contributed by atoms with Gasteiger partial charge in [-0.1, -0.05) is 41.9 Å². The van der Waals surface area contributed by atoms with Gasteiger partial charge in [-0.3, -0.25) is 4.72 Å². The monoisotopic (exact) mass is 428 g/mol. The van der Waals surface area contributed by atoms with Gasteiger partial charge in [0.25, 0.3) is 10.0 Å². The Morgan fingerprint density at radius 2 is 1.61 bits per heavy atom. The molecule has 0 unspecified atom stereocenters. The maximum absolute atomic E-state index is 12.5. The highest BCUT2D eigenvalue weighted by atomic mass is 35.5. The van der Waals surface area contributed by atoms with Gasteiger partial charge in [-0.2, -0.15) is 0 Å². The zero-order chi connectivity index (χ0) is 20.4. The van der Waals surface area contributed by atoms with Crippen molar-refractivity contribution < 1.29 is 26.3 Å². The van der Waals surface area contributed by atoms with Gasteiger partial charge in [-0.15, -0.1) is 13.2 Å². The predicted octanol–water partition coefficient (Wildman–Crippen LogP) is 5.10. The molecule has 1 aromatic heterocycles. The number of benzene rings is 2. The van der Waals surface area contributed by atoms with E-state index in [4.69, 9.17) is 11.6 Å². The molecule has 0 saturated heterocycles. The van der Waals surface area contributed by atoms with Crippen LogP contribution in [0.3, 0.4) is 0 Å². The Kier molecular flexibility index (Phi) is 5.48. The normalized spacial score (nSPS) is 11.9. The Morgan fingerprint density at radius 3 is 2.21 bits per heavy atom. The summed E-state index contributed by atoms with van der Waals surface area (Å²) in [6.45, 7) is 0. The van der Waals surface area contributed by atoms with Crippen LogP contribution in [0, 0.1) is 0 Å². The van der Waals surface area contributed by atoms with E-state index in [1.807, 2.05) is 0 Å². The zero-order valence-electron chi connectivity index (χ0n) is 13.9. The lowest BCUT2D eigenvalue weighted by Gasteiger charge is -2.12. The topological polar surface area (TPSA) is 68.3 Å². The largest absolute Gasteiger partial charge is 0.573 e. The number of sulfonamides is 1. The summed E-state index contributed by atoms with van der Waals surface area (Å²) >= 11 is 5.99. The number of anilines is 1. The summed E-state index contributed by atoms with van der Waals surface area (Å²) < 4.78 is 67.8. The van der Waals surface area contributed by atoms with Gasteiger partial charge in [0.15, 0.2) is 5.15 Å². The number of nitrogens with one attached hydrogen (secondary N) is 1. The molecule has 0 fully saturated rings. The molecule has 0 saturated carbocycles. The molecule has 1 N–H and O–H groups in total. The van der Waals surface area contributed by atoms with Crippen molar-refractivity contribution in [1.29, 1.82) is 0 Å². The highest BCUT2D eigenvalue weighted by Gasteiger charge is 2.31. The lowest BCUT2D eigenvalue weighted by atomic mass is 10.1. The molecular weight excluding hydrogens is 417 g/mol. The van der Waals surface area contributed by atoms with Crippen LogP contribution in [0.4, 0.5) is 18.9 Å². The average molecular weight is 429 g/mol. The Morgan fingerprint density at radius 1 is 0.964 bits per heavy atom. The van der Waals surface area contributed by atoms with E-state index in [1.165, 1.54) is 36.5 Å². The third kappa shape index (κ3) is 4.93. The van der Waals surface area contributed by atoms with Gasteiger partial charge >= 0.3 is 6.36 Å². The van der Waals surface area contributed by atoms with Gasteiger partial charge < -0.3 is 4.74 Å². The van der Waals surface area contributed by atoms with Crippen molar-refractivity contribution in [3.05, 3.63) is 72.0 Å². The van der Waals surface area contributed by atoms with Gasteiger partial charge in [-0.25, -0.2) is 13.4 Å². The number of rotatable bonds is 5. The maximum Gasteiger partial charge on any atom is 0.573 e. The second-order valence-corrected chi connectivity index (χ2v) is 7.59. The van der Waals surface area contributed by atoms with Crippen molar-refractivity contribution in [2.45, 2.75) is 11.3 Å². The fourth-order valence-electron chi connectivity index (χ4n) is 2.33. The third-order valence-electron chi connectivity index (χ3n) is 3.56. The van der Waals surface area contributed by atoms with Gasteiger partial charge in [0, 0.05) is 11.8 Å². The van der Waals surface area contributed by atoms with Crippen molar-refractivity contribution in [3.8, 4) is 16.9 Å². The second-order valence-electron chi connectivity index (χ2n) is 5.55. The van der Waals surface area contributed by atoms with E-state index < -0.39 is 16.4 Å². The molecule has 5 nitrogen and oxygen atoms in total. The molecule has 0 aliphatic rings. The number of halogens is 4. The minimum Gasteiger partial charge on any atom is -0.406 e. The molecule has 3 aromatic rings. The Balaban J connectivity index is 1.88. The van der Waals surface area contributed by atoms with Crippen LogP contribution in [0.25, 0.3) is 11.1 Å². The van der Waals surface area contributed by atoms with Gasteiger partial charge in [0.1, 0.15) is 5.75 Å². The van der Waals surface area contributed by atoms with E-state index in [-0.39, 0.29) is 21.5 Å². The first-order valence-electron chi connectivity index (χ1n) is 7.74. The highest BCUT2D eigenvalue weighted by molar-refractivity contribution is 7.92. The number of aromatic nitrogens is 1. The van der Waals surface area contributed by atoms with Gasteiger partial charge in [-0.05, 0) is 35.9 Å². The van der Waals surface area contributed by atoms with Crippen LogP contribution in [0.1, 0.15) is 0 Å². The van der Waals surface area contributed by atoms with E-state index in [0.29, 0.717) is 11.1 Å². The molecule has 0 aliphatic heterocycles. The molecule has 1 heterocycles. The molecule has 0 bridgehead atoms. The van der Waals surface area contributed by atoms with Crippen LogP contribution in [-0.2, 0) is 10.0 Å². The van der Waals surface area contributed by atoms with E-state index in [0.717, 1.165) is 12.1 Å². The van der Waals surface area contributed by atoms with Crippen molar-refractivity contribution in [2.75, 3.05) is 4.72 Å². The summed E-state index contributed by atoms with van der Waals surface area (Å²) in [5.41, 5.74) is 0.992. The van der Waals surface area contributed by atoms with Crippen molar-refractivity contribution in [1.82, 2.24) is 4.98 Å². The summed E-state index contributed by atoms with van der Waals surface area (Å²) in [6.07, 6.45) is -3.41. The quantitative estimate of drug-likeness (QED) is 0.574. The Labute approximate surface area is 163 Å². The molecule has 0 radical (unpaired) electrons. The summed E-state index contributed by atoms with van der Waals surface area (Å²) in [4.78, 5) is 3.99. The Hall–Kier alpha value is -2.78. The molecule has 28 heavy (non-hydrogen) atoms. The first-order valence-corrected chi connectivity index (χ1v) is 9.60. The molecule has 0 atom stereocenters. The molecular formula is C18H12ClF3N2O3S. The molecule has 3 rings (SSSR count). The van der Waals surface area contributed by atoms with Crippen LogP contribution in [0.2, 0.25) is 5.15 Å². The summed E-state index contributed by atoms with van der Waals surface area (Å²) in [5, 5.41) is -0.0692. The third-order valence-corrected chi connectivity index (χ3v) is 5.24. The molecule has 146 valence electrons. The summed E-state index contributed by atoms with van der Waals surface area (Å²) in [6, 6.07) is 14.2. The highest BCUT2D eigenvalue weighted by Crippen LogP contribution is 2.30. The Bertz CT molecular complexity index is 1070. The van der Waals surface area contributed by atoms with Crippen LogP contribution in [0.5, 0.6) is 5.75 Å². The molecule has 0 aliphatic carbocycles. The van der Waals surface area contributed by atoms with E-state index in [1.54, 1.807) is 18.2 Å². The first-order chi connectivity index (χ1) is 13.1. The molecule has 2 aromatic carbocycles. The predicted molar refractivity (Wildman–Crippen MR) is 98.6 cm³/mol. The van der Waals surface area contributed by atoms with Crippen molar-refractivity contribution in [3.63, 3.8) is 0 Å². The SMILES string of the molecule is O=S(=O)(Nc1cc(-c2ccc(OC(F)(F)F)cc2)cnc1Cl)c1ccccc1. The van der Waals surface area contributed by atoms with Crippen LogP contribution in [-0.4, -0.2) is 19.8 Å². The lowest BCUT2D eigenvalue weighted by molar-refractivity contribution is -0.274. The van der Waals surface area contributed by atoms with E-state index in [9.17, 15) is 21.6 Å². The number of nitrogens with zero attached hydrogens (tertiary/aromatic N) is 1. The lowest BCUT2D eigenvalue weighted by Crippen LogP contribution is -2.16. The first kappa shape index (κ1) is 20.0. The molecule has 0 spiro atoms. The van der Waals surface area contributed by atoms with Crippen LogP contribution >= 0.6 is 11.6 Å². The van der Waals surface area contributed by atoms with Crippen molar-refractivity contribution >= 4 is 27.3 Å². The van der Waals surface area contributed by atoms with E-state index >= 15 is 0 Å². The fourth-order valence-corrected chi connectivity index (χ4v) is 3.61. The fraction of sp³-hybridized carbons (Fsp3) is 0.0556.